The van der Waals surface area contributed by atoms with Crippen molar-refractivity contribution in [2.75, 3.05) is 7.11 Å². The third kappa shape index (κ3) is 2.30. The van der Waals surface area contributed by atoms with E-state index in [-0.39, 0.29) is 5.97 Å². The summed E-state index contributed by atoms with van der Waals surface area (Å²) in [7, 11) is 1.36. The summed E-state index contributed by atoms with van der Waals surface area (Å²) in [6, 6.07) is 7.12. The van der Waals surface area contributed by atoms with Crippen molar-refractivity contribution in [3.05, 3.63) is 47.8 Å². The number of hydrogen-bond donors (Lipinski definition) is 0. The summed E-state index contributed by atoms with van der Waals surface area (Å²) in [4.78, 5) is 20.0. The molecule has 0 unspecified atom stereocenters. The smallest absolute Gasteiger partial charge is 0.338 e. The first-order chi connectivity index (χ1) is 8.22. The lowest BCUT2D eigenvalue weighted by Gasteiger charge is -2.06. The van der Waals surface area contributed by atoms with Crippen LogP contribution in [0.15, 0.2) is 36.7 Å². The Labute approximate surface area is 99.3 Å². The zero-order valence-corrected chi connectivity index (χ0v) is 9.68. The summed E-state index contributed by atoms with van der Waals surface area (Å²) < 4.78 is 4.73. The molecule has 0 atom stereocenters. The molecule has 0 spiro atoms. The van der Waals surface area contributed by atoms with Crippen LogP contribution in [0.2, 0.25) is 0 Å². The van der Waals surface area contributed by atoms with Crippen LogP contribution in [0, 0.1) is 6.92 Å². The Morgan fingerprint density at radius 2 is 1.82 bits per heavy atom. The van der Waals surface area contributed by atoms with Crippen molar-refractivity contribution in [3.63, 3.8) is 0 Å². The molecular weight excluding hydrogens is 216 g/mol. The first-order valence-electron chi connectivity index (χ1n) is 5.18. The molecule has 2 aromatic rings. The van der Waals surface area contributed by atoms with Gasteiger partial charge in [-0.1, -0.05) is 18.2 Å². The average molecular weight is 228 g/mol. The van der Waals surface area contributed by atoms with Crippen LogP contribution in [0.3, 0.4) is 0 Å². The summed E-state index contributed by atoms with van der Waals surface area (Å²) in [6.45, 7) is 1.91. The van der Waals surface area contributed by atoms with E-state index in [1.807, 2.05) is 13.0 Å². The number of esters is 1. The van der Waals surface area contributed by atoms with E-state index in [0.717, 1.165) is 5.56 Å². The second-order valence-electron chi connectivity index (χ2n) is 3.62. The van der Waals surface area contributed by atoms with Gasteiger partial charge in [-0.05, 0) is 18.6 Å². The third-order valence-electron chi connectivity index (χ3n) is 2.35. The molecule has 17 heavy (non-hydrogen) atoms. The van der Waals surface area contributed by atoms with Crippen molar-refractivity contribution in [1.29, 1.82) is 0 Å². The minimum Gasteiger partial charge on any atom is -0.465 e. The van der Waals surface area contributed by atoms with E-state index in [4.69, 9.17) is 4.74 Å². The van der Waals surface area contributed by atoms with Crippen molar-refractivity contribution < 1.29 is 9.53 Å². The summed E-state index contributed by atoms with van der Waals surface area (Å²) in [6.07, 6.45) is 3.44. The van der Waals surface area contributed by atoms with Crippen LogP contribution < -0.4 is 0 Å². The van der Waals surface area contributed by atoms with Gasteiger partial charge in [0.05, 0.1) is 12.7 Å². The van der Waals surface area contributed by atoms with Crippen LogP contribution in [0.1, 0.15) is 15.9 Å². The first kappa shape index (κ1) is 11.3. The number of nitrogens with zero attached hydrogens (tertiary/aromatic N) is 2. The number of aromatic nitrogens is 2. The quantitative estimate of drug-likeness (QED) is 0.740. The molecule has 0 saturated carbocycles. The fourth-order valence-electron chi connectivity index (χ4n) is 1.50. The monoisotopic (exact) mass is 228 g/mol. The SMILES string of the molecule is COC(=O)c1ccccc1-c1ncc(C)cn1. The van der Waals surface area contributed by atoms with Crippen LogP contribution >= 0.6 is 0 Å². The third-order valence-corrected chi connectivity index (χ3v) is 2.35. The normalized spacial score (nSPS) is 10.0. The maximum absolute atomic E-state index is 11.6. The van der Waals surface area contributed by atoms with E-state index < -0.39 is 0 Å². The van der Waals surface area contributed by atoms with E-state index in [0.29, 0.717) is 17.0 Å². The average Bonchev–Trinajstić information content (AvgIpc) is 2.39. The standard InChI is InChI=1S/C13H12N2O2/c1-9-7-14-12(15-8-9)10-5-3-4-6-11(10)13(16)17-2/h3-8H,1-2H3. The topological polar surface area (TPSA) is 52.1 Å². The zero-order valence-electron chi connectivity index (χ0n) is 9.68. The second kappa shape index (κ2) is 4.74. The largest absolute Gasteiger partial charge is 0.465 e. The van der Waals surface area contributed by atoms with Gasteiger partial charge in [0.15, 0.2) is 5.82 Å². The Morgan fingerprint density at radius 3 is 2.47 bits per heavy atom. The van der Waals surface area contributed by atoms with Crippen molar-refractivity contribution in [3.8, 4) is 11.4 Å². The first-order valence-corrected chi connectivity index (χ1v) is 5.18. The van der Waals surface area contributed by atoms with Crippen LogP contribution in [0.25, 0.3) is 11.4 Å². The van der Waals surface area contributed by atoms with Gasteiger partial charge in [-0.25, -0.2) is 14.8 Å². The Bertz CT molecular complexity index is 535. The number of aryl methyl sites for hydroxylation is 1. The molecule has 0 bridgehead atoms. The highest BCUT2D eigenvalue weighted by atomic mass is 16.5. The molecule has 0 amide bonds. The van der Waals surface area contributed by atoms with Gasteiger partial charge in [-0.3, -0.25) is 0 Å². The maximum atomic E-state index is 11.6. The lowest BCUT2D eigenvalue weighted by Crippen LogP contribution is -2.04. The molecule has 1 aromatic carbocycles. The summed E-state index contributed by atoms with van der Waals surface area (Å²) in [5.41, 5.74) is 2.13. The van der Waals surface area contributed by atoms with Gasteiger partial charge >= 0.3 is 5.97 Å². The van der Waals surface area contributed by atoms with Crippen molar-refractivity contribution in [2.45, 2.75) is 6.92 Å². The molecule has 0 N–H and O–H groups in total. The summed E-state index contributed by atoms with van der Waals surface area (Å²) >= 11 is 0. The van der Waals surface area contributed by atoms with Gasteiger partial charge in [0.25, 0.3) is 0 Å². The molecule has 2 rings (SSSR count). The van der Waals surface area contributed by atoms with Crippen molar-refractivity contribution >= 4 is 5.97 Å². The molecule has 0 saturated heterocycles. The lowest BCUT2D eigenvalue weighted by atomic mass is 10.1. The number of carbonyl (C=O) groups excluding carboxylic acids is 1. The van der Waals surface area contributed by atoms with E-state index in [2.05, 4.69) is 9.97 Å². The minimum atomic E-state index is -0.384. The molecular formula is C13H12N2O2. The van der Waals surface area contributed by atoms with E-state index in [1.165, 1.54) is 7.11 Å². The van der Waals surface area contributed by atoms with Crippen molar-refractivity contribution in [2.24, 2.45) is 0 Å². The van der Waals surface area contributed by atoms with Gasteiger partial charge in [-0.15, -0.1) is 0 Å². The predicted molar refractivity (Wildman–Crippen MR) is 63.5 cm³/mol. The molecule has 1 heterocycles. The minimum absolute atomic E-state index is 0.384. The highest BCUT2D eigenvalue weighted by molar-refractivity contribution is 5.96. The zero-order chi connectivity index (χ0) is 12.3. The molecule has 0 aliphatic carbocycles. The molecule has 4 heteroatoms. The van der Waals surface area contributed by atoms with Gasteiger partial charge < -0.3 is 4.74 Å². The van der Waals surface area contributed by atoms with E-state index in [9.17, 15) is 4.79 Å². The number of ether oxygens (including phenoxy) is 1. The predicted octanol–water partition coefficient (Wildman–Crippen LogP) is 2.24. The second-order valence-corrected chi connectivity index (χ2v) is 3.62. The highest BCUT2D eigenvalue weighted by Crippen LogP contribution is 2.20. The van der Waals surface area contributed by atoms with Crippen LogP contribution in [0.4, 0.5) is 0 Å². The molecule has 1 aromatic heterocycles. The molecule has 4 nitrogen and oxygen atoms in total. The fraction of sp³-hybridized carbons (Fsp3) is 0.154. The number of methoxy groups -OCH3 is 1. The molecule has 0 aliphatic rings. The number of carbonyl (C=O) groups is 1. The van der Waals surface area contributed by atoms with Crippen LogP contribution in [-0.2, 0) is 4.74 Å². The Balaban J connectivity index is 2.51. The Kier molecular flexibility index (Phi) is 3.14. The maximum Gasteiger partial charge on any atom is 0.338 e. The lowest BCUT2D eigenvalue weighted by molar-refractivity contribution is 0.0601. The molecule has 0 fully saturated rings. The molecule has 0 aliphatic heterocycles. The Hall–Kier alpha value is -2.23. The van der Waals surface area contributed by atoms with Gasteiger partial charge in [0, 0.05) is 18.0 Å². The van der Waals surface area contributed by atoms with Gasteiger partial charge in [0.1, 0.15) is 0 Å². The van der Waals surface area contributed by atoms with E-state index >= 15 is 0 Å². The van der Waals surface area contributed by atoms with Gasteiger partial charge in [0.2, 0.25) is 0 Å². The van der Waals surface area contributed by atoms with Crippen LogP contribution in [-0.4, -0.2) is 23.0 Å². The summed E-state index contributed by atoms with van der Waals surface area (Å²) in [5.74, 6) is 0.140. The van der Waals surface area contributed by atoms with Crippen LogP contribution in [0.5, 0.6) is 0 Å². The number of benzene rings is 1. The fourth-order valence-corrected chi connectivity index (χ4v) is 1.50. The van der Waals surface area contributed by atoms with Gasteiger partial charge in [-0.2, -0.15) is 0 Å². The number of rotatable bonds is 2. The van der Waals surface area contributed by atoms with Crippen molar-refractivity contribution in [1.82, 2.24) is 9.97 Å². The molecule has 0 radical (unpaired) electrons. The Morgan fingerprint density at radius 1 is 1.18 bits per heavy atom. The summed E-state index contributed by atoms with van der Waals surface area (Å²) in [5, 5.41) is 0. The highest BCUT2D eigenvalue weighted by Gasteiger charge is 2.13. The molecule has 86 valence electrons. The van der Waals surface area contributed by atoms with E-state index in [1.54, 1.807) is 30.6 Å². The number of hydrogen-bond acceptors (Lipinski definition) is 4.